The van der Waals surface area contributed by atoms with E-state index >= 15 is 0 Å². The zero-order valence-corrected chi connectivity index (χ0v) is 22.7. The number of methoxy groups -OCH3 is 1. The Morgan fingerprint density at radius 3 is 2.05 bits per heavy atom. The summed E-state index contributed by atoms with van der Waals surface area (Å²) in [6.45, 7) is 0.763. The molecule has 1 aliphatic rings. The highest BCUT2D eigenvalue weighted by Crippen LogP contribution is 2.22. The van der Waals surface area contributed by atoms with E-state index in [1.54, 1.807) is 0 Å². The van der Waals surface area contributed by atoms with Crippen LogP contribution >= 0.6 is 0 Å². The molecule has 6 N–H and O–H groups in total. The molecular formula is C27H51NO9. The number of aliphatic hydroxyl groups is 5. The number of hydrogen-bond donors (Lipinski definition) is 6. The lowest BCUT2D eigenvalue weighted by molar-refractivity contribution is -0.299. The van der Waals surface area contributed by atoms with E-state index in [1.807, 2.05) is 12.2 Å². The smallest absolute Gasteiger partial charge is 0.246 e. The molecule has 0 saturated carbocycles. The minimum Gasteiger partial charge on any atom is -0.394 e. The fraction of sp³-hybridized carbons (Fsp3) is 0.889. The summed E-state index contributed by atoms with van der Waals surface area (Å²) in [4.78, 5) is 12.3. The molecule has 218 valence electrons. The second-order valence-electron chi connectivity index (χ2n) is 9.82. The predicted octanol–water partition coefficient (Wildman–Crippen LogP) is 1.55. The normalized spacial score (nSPS) is 25.9. The SMILES string of the molecule is CCCCCCCCCCCCC/C=C/[C@H](OC)[C@H](CO)NC(=O)CO[C@H]1OC(CO)[C@H](O)[C@@H](O)C1O. The first-order valence-corrected chi connectivity index (χ1v) is 13.9. The maximum Gasteiger partial charge on any atom is 0.246 e. The highest BCUT2D eigenvalue weighted by atomic mass is 16.7. The van der Waals surface area contributed by atoms with Gasteiger partial charge in [-0.1, -0.05) is 83.3 Å². The van der Waals surface area contributed by atoms with Crippen LogP contribution in [-0.2, 0) is 19.0 Å². The Labute approximate surface area is 222 Å². The number of rotatable bonds is 21. The van der Waals surface area contributed by atoms with Crippen LogP contribution in [0.25, 0.3) is 0 Å². The molecule has 0 spiro atoms. The van der Waals surface area contributed by atoms with Crippen LogP contribution in [0.3, 0.4) is 0 Å². The summed E-state index contributed by atoms with van der Waals surface area (Å²) in [5.41, 5.74) is 0. The lowest BCUT2D eigenvalue weighted by Gasteiger charge is -2.39. The van der Waals surface area contributed by atoms with Crippen molar-refractivity contribution < 1.29 is 44.5 Å². The van der Waals surface area contributed by atoms with Gasteiger partial charge < -0.3 is 45.1 Å². The second-order valence-corrected chi connectivity index (χ2v) is 9.82. The molecule has 10 heteroatoms. The Morgan fingerprint density at radius 1 is 0.919 bits per heavy atom. The van der Waals surface area contributed by atoms with Crippen LogP contribution in [0.5, 0.6) is 0 Å². The third-order valence-corrected chi connectivity index (χ3v) is 6.74. The molecule has 0 aromatic rings. The van der Waals surface area contributed by atoms with Gasteiger partial charge in [-0.25, -0.2) is 0 Å². The van der Waals surface area contributed by atoms with Gasteiger partial charge in [0.15, 0.2) is 6.29 Å². The average Bonchev–Trinajstić information content (AvgIpc) is 2.90. The van der Waals surface area contributed by atoms with Gasteiger partial charge in [-0.15, -0.1) is 0 Å². The van der Waals surface area contributed by atoms with Crippen molar-refractivity contribution in [3.63, 3.8) is 0 Å². The Morgan fingerprint density at radius 2 is 1.51 bits per heavy atom. The number of nitrogens with one attached hydrogen (secondary N) is 1. The van der Waals surface area contributed by atoms with Crippen molar-refractivity contribution in [2.24, 2.45) is 0 Å². The van der Waals surface area contributed by atoms with Crippen molar-refractivity contribution in [3.05, 3.63) is 12.2 Å². The second kappa shape index (κ2) is 20.8. The topological polar surface area (TPSA) is 158 Å². The predicted molar refractivity (Wildman–Crippen MR) is 140 cm³/mol. The molecule has 1 fully saturated rings. The molecule has 0 radical (unpaired) electrons. The highest BCUT2D eigenvalue weighted by Gasteiger charge is 2.44. The monoisotopic (exact) mass is 533 g/mol. The van der Waals surface area contributed by atoms with Gasteiger partial charge in [0.05, 0.1) is 25.4 Å². The molecule has 0 aliphatic carbocycles. The molecule has 1 rings (SSSR count). The van der Waals surface area contributed by atoms with E-state index in [2.05, 4.69) is 12.2 Å². The van der Waals surface area contributed by atoms with Crippen LogP contribution in [0.15, 0.2) is 12.2 Å². The van der Waals surface area contributed by atoms with Gasteiger partial charge in [0.25, 0.3) is 0 Å². The van der Waals surface area contributed by atoms with Crippen LogP contribution in [0.1, 0.15) is 84.0 Å². The fourth-order valence-corrected chi connectivity index (χ4v) is 4.38. The first kappa shape index (κ1) is 33.9. The molecule has 1 amide bonds. The van der Waals surface area contributed by atoms with Gasteiger partial charge in [-0.3, -0.25) is 4.79 Å². The Kier molecular flexibility index (Phi) is 19.1. The number of unbranched alkanes of at least 4 members (excludes halogenated alkanes) is 11. The van der Waals surface area contributed by atoms with E-state index in [-0.39, 0.29) is 6.61 Å². The minimum atomic E-state index is -1.59. The van der Waals surface area contributed by atoms with Gasteiger partial charge in [0.2, 0.25) is 5.91 Å². The summed E-state index contributed by atoms with van der Waals surface area (Å²) >= 11 is 0. The van der Waals surface area contributed by atoms with Crippen LogP contribution < -0.4 is 5.32 Å². The summed E-state index contributed by atoms with van der Waals surface area (Å²) in [5, 5.41) is 51.2. The van der Waals surface area contributed by atoms with Crippen molar-refractivity contribution in [1.82, 2.24) is 5.32 Å². The van der Waals surface area contributed by atoms with Crippen LogP contribution in [0.2, 0.25) is 0 Å². The van der Waals surface area contributed by atoms with Gasteiger partial charge in [0, 0.05) is 7.11 Å². The summed E-state index contributed by atoms with van der Waals surface area (Å²) < 4.78 is 15.9. The molecule has 1 heterocycles. The number of carbonyl (C=O) groups excluding carboxylic acids is 1. The van der Waals surface area contributed by atoms with E-state index < -0.39 is 62.0 Å². The molecule has 10 nitrogen and oxygen atoms in total. The third kappa shape index (κ3) is 13.5. The maximum absolute atomic E-state index is 12.3. The summed E-state index contributed by atoms with van der Waals surface area (Å²) in [6, 6.07) is -0.704. The number of aliphatic hydroxyl groups excluding tert-OH is 5. The summed E-state index contributed by atoms with van der Waals surface area (Å²) in [5.74, 6) is -0.586. The zero-order valence-electron chi connectivity index (χ0n) is 22.7. The number of amides is 1. The molecular weight excluding hydrogens is 482 g/mol. The van der Waals surface area contributed by atoms with Crippen molar-refractivity contribution in [2.75, 3.05) is 26.9 Å². The van der Waals surface area contributed by atoms with Crippen molar-refractivity contribution in [1.29, 1.82) is 0 Å². The molecule has 0 aromatic carbocycles. The molecule has 0 aromatic heterocycles. The van der Waals surface area contributed by atoms with Crippen molar-refractivity contribution in [3.8, 4) is 0 Å². The van der Waals surface area contributed by atoms with Crippen LogP contribution in [-0.4, -0.2) is 101 Å². The van der Waals surface area contributed by atoms with Gasteiger partial charge in [-0.05, 0) is 12.8 Å². The Bertz CT molecular complexity index is 604. The fourth-order valence-electron chi connectivity index (χ4n) is 4.38. The average molecular weight is 534 g/mol. The molecule has 37 heavy (non-hydrogen) atoms. The van der Waals surface area contributed by atoms with Crippen molar-refractivity contribution >= 4 is 5.91 Å². The first-order valence-electron chi connectivity index (χ1n) is 13.9. The third-order valence-electron chi connectivity index (χ3n) is 6.74. The first-order chi connectivity index (χ1) is 17.9. The van der Waals surface area contributed by atoms with Crippen LogP contribution in [0, 0.1) is 0 Å². The quantitative estimate of drug-likeness (QED) is 0.0951. The van der Waals surface area contributed by atoms with E-state index in [4.69, 9.17) is 14.2 Å². The number of ether oxygens (including phenoxy) is 3. The van der Waals surface area contributed by atoms with Gasteiger partial charge >= 0.3 is 0 Å². The molecule has 7 atom stereocenters. The largest absolute Gasteiger partial charge is 0.394 e. The summed E-state index contributed by atoms with van der Waals surface area (Å²) in [7, 11) is 1.50. The number of allylic oxidation sites excluding steroid dienone is 1. The number of hydrogen-bond acceptors (Lipinski definition) is 9. The lowest BCUT2D eigenvalue weighted by Crippen LogP contribution is -2.59. The molecule has 1 saturated heterocycles. The van der Waals surface area contributed by atoms with E-state index in [0.717, 1.165) is 12.8 Å². The van der Waals surface area contributed by atoms with Crippen LogP contribution in [0.4, 0.5) is 0 Å². The molecule has 2 unspecified atom stereocenters. The minimum absolute atomic E-state index is 0.354. The molecule has 1 aliphatic heterocycles. The zero-order chi connectivity index (χ0) is 27.5. The van der Waals surface area contributed by atoms with E-state index in [9.17, 15) is 30.3 Å². The lowest BCUT2D eigenvalue weighted by atomic mass is 9.99. The maximum atomic E-state index is 12.3. The Hall–Kier alpha value is -1.11. The van der Waals surface area contributed by atoms with Gasteiger partial charge in [-0.2, -0.15) is 0 Å². The highest BCUT2D eigenvalue weighted by molar-refractivity contribution is 5.77. The van der Waals surface area contributed by atoms with E-state index in [1.165, 1.54) is 71.3 Å². The van der Waals surface area contributed by atoms with Gasteiger partial charge in [0.1, 0.15) is 31.0 Å². The Balaban J connectivity index is 2.28. The standard InChI is InChI=1S/C27H51NO9/c1-3-4-5-6-7-8-9-10-11-12-13-14-15-16-21(35-2)20(17-29)28-23(31)19-36-27-26(34)25(33)24(32)22(18-30)37-27/h15-16,20-22,24-27,29-30,32-34H,3-14,17-19H2,1-2H3,(H,28,31)/b16-15+/t20-,21-,22?,24-,25+,26?,27-/m0/s1. The van der Waals surface area contributed by atoms with E-state index in [0.29, 0.717) is 0 Å². The molecule has 0 bridgehead atoms. The number of carbonyl (C=O) groups is 1. The summed E-state index contributed by atoms with van der Waals surface area (Å²) in [6.07, 6.45) is 11.1. The van der Waals surface area contributed by atoms with Crippen molar-refractivity contribution in [2.45, 2.75) is 127 Å².